The number of carbonyl (C=O) groups is 1. The normalized spacial score (nSPS) is 12.2. The van der Waals surface area contributed by atoms with E-state index in [1.807, 2.05) is 18.2 Å². The highest BCUT2D eigenvalue weighted by molar-refractivity contribution is 6.04. The number of fused-ring (bicyclic) bond motifs is 1. The number of hydrogen-bond acceptors (Lipinski definition) is 3. The van der Waals surface area contributed by atoms with Crippen molar-refractivity contribution in [1.29, 1.82) is 5.26 Å². The van der Waals surface area contributed by atoms with Gasteiger partial charge >= 0.3 is 0 Å². The van der Waals surface area contributed by atoms with Crippen LogP contribution in [-0.4, -0.2) is 12.5 Å². The molecular weight excluding hydrogens is 252 g/mol. The van der Waals surface area contributed by atoms with E-state index in [1.54, 1.807) is 30.3 Å². The molecule has 0 saturated heterocycles. The lowest BCUT2D eigenvalue weighted by molar-refractivity contribution is 0.102. The van der Waals surface area contributed by atoms with E-state index in [4.69, 9.17) is 10.00 Å². The van der Waals surface area contributed by atoms with Crippen molar-refractivity contribution in [1.82, 2.24) is 0 Å². The number of hydrogen-bond donors (Lipinski definition) is 1. The molecule has 0 aromatic heterocycles. The van der Waals surface area contributed by atoms with Crippen LogP contribution in [-0.2, 0) is 6.42 Å². The van der Waals surface area contributed by atoms with Gasteiger partial charge in [-0.05, 0) is 48.0 Å². The van der Waals surface area contributed by atoms with Gasteiger partial charge < -0.3 is 10.1 Å². The molecule has 2 aromatic carbocycles. The highest BCUT2D eigenvalue weighted by Crippen LogP contribution is 2.26. The Balaban J connectivity index is 1.77. The summed E-state index contributed by atoms with van der Waals surface area (Å²) in [4.78, 5) is 12.2. The summed E-state index contributed by atoms with van der Waals surface area (Å²) in [6.07, 6.45) is 0.841. The average molecular weight is 264 g/mol. The van der Waals surface area contributed by atoms with Crippen molar-refractivity contribution < 1.29 is 9.53 Å². The Kier molecular flexibility index (Phi) is 3.10. The number of carbonyl (C=O) groups excluding carboxylic acids is 1. The summed E-state index contributed by atoms with van der Waals surface area (Å²) < 4.78 is 5.41. The fraction of sp³-hybridized carbons (Fsp3) is 0.125. The number of nitriles is 1. The first-order chi connectivity index (χ1) is 9.76. The first-order valence-electron chi connectivity index (χ1n) is 6.33. The van der Waals surface area contributed by atoms with Crippen LogP contribution in [0, 0.1) is 11.3 Å². The van der Waals surface area contributed by atoms with Crippen LogP contribution in [0.3, 0.4) is 0 Å². The maximum atomic E-state index is 12.2. The molecule has 2 aromatic rings. The molecule has 3 rings (SSSR count). The molecule has 0 aliphatic carbocycles. The molecule has 1 heterocycles. The minimum absolute atomic E-state index is 0.163. The number of ether oxygens (including phenoxy) is 1. The molecule has 1 aliphatic rings. The van der Waals surface area contributed by atoms with Gasteiger partial charge in [0.15, 0.2) is 0 Å². The highest BCUT2D eigenvalue weighted by Gasteiger charge is 2.15. The molecule has 98 valence electrons. The third-order valence-corrected chi connectivity index (χ3v) is 3.22. The van der Waals surface area contributed by atoms with Gasteiger partial charge in [0, 0.05) is 17.7 Å². The maximum absolute atomic E-state index is 12.2. The van der Waals surface area contributed by atoms with Crippen molar-refractivity contribution >= 4 is 11.6 Å². The minimum atomic E-state index is -0.163. The molecule has 0 atom stereocenters. The van der Waals surface area contributed by atoms with Crippen LogP contribution in [0.2, 0.25) is 0 Å². The minimum Gasteiger partial charge on any atom is -0.493 e. The molecule has 4 heteroatoms. The van der Waals surface area contributed by atoms with E-state index in [-0.39, 0.29) is 5.91 Å². The Morgan fingerprint density at radius 3 is 2.75 bits per heavy atom. The fourth-order valence-corrected chi connectivity index (χ4v) is 2.16. The van der Waals surface area contributed by atoms with Crippen molar-refractivity contribution in [2.75, 3.05) is 11.9 Å². The Bertz CT molecular complexity index is 699. The van der Waals surface area contributed by atoms with E-state index in [9.17, 15) is 4.79 Å². The Morgan fingerprint density at radius 1 is 1.20 bits per heavy atom. The molecule has 20 heavy (non-hydrogen) atoms. The maximum Gasteiger partial charge on any atom is 0.255 e. The topological polar surface area (TPSA) is 62.1 Å². The molecule has 1 amide bonds. The zero-order valence-electron chi connectivity index (χ0n) is 10.7. The van der Waals surface area contributed by atoms with Crippen molar-refractivity contribution in [3.63, 3.8) is 0 Å². The second-order valence-electron chi connectivity index (χ2n) is 4.56. The largest absolute Gasteiger partial charge is 0.493 e. The summed E-state index contributed by atoms with van der Waals surface area (Å²) >= 11 is 0. The number of nitrogens with one attached hydrogen (secondary N) is 1. The zero-order chi connectivity index (χ0) is 13.9. The van der Waals surface area contributed by atoms with E-state index in [0.717, 1.165) is 17.7 Å². The quantitative estimate of drug-likeness (QED) is 0.907. The van der Waals surface area contributed by atoms with Crippen molar-refractivity contribution in [2.45, 2.75) is 6.42 Å². The van der Waals surface area contributed by atoms with Gasteiger partial charge in [0.1, 0.15) is 5.75 Å². The summed E-state index contributed by atoms with van der Waals surface area (Å²) in [7, 11) is 0. The van der Waals surface area contributed by atoms with Gasteiger partial charge in [-0.3, -0.25) is 4.79 Å². The first-order valence-corrected chi connectivity index (χ1v) is 6.33. The summed E-state index contributed by atoms with van der Waals surface area (Å²) in [5.74, 6) is 0.698. The van der Waals surface area contributed by atoms with Gasteiger partial charge in [0.25, 0.3) is 5.91 Å². The molecule has 1 N–H and O–H groups in total. The summed E-state index contributed by atoms with van der Waals surface area (Å²) in [5.41, 5.74) is 2.92. The van der Waals surface area contributed by atoms with E-state index >= 15 is 0 Å². The number of amides is 1. The predicted molar refractivity (Wildman–Crippen MR) is 74.8 cm³/mol. The van der Waals surface area contributed by atoms with E-state index in [2.05, 4.69) is 5.32 Å². The molecule has 0 fully saturated rings. The van der Waals surface area contributed by atoms with Crippen molar-refractivity contribution in [3.8, 4) is 11.8 Å². The van der Waals surface area contributed by atoms with Crippen LogP contribution in [0.25, 0.3) is 0 Å². The Hall–Kier alpha value is -2.80. The summed E-state index contributed by atoms with van der Waals surface area (Å²) in [6, 6.07) is 14.3. The monoisotopic (exact) mass is 264 g/mol. The number of rotatable bonds is 2. The fourth-order valence-electron chi connectivity index (χ4n) is 2.16. The average Bonchev–Trinajstić information content (AvgIpc) is 2.95. The van der Waals surface area contributed by atoms with Gasteiger partial charge in [-0.15, -0.1) is 0 Å². The molecule has 0 bridgehead atoms. The van der Waals surface area contributed by atoms with Crippen LogP contribution in [0.15, 0.2) is 42.5 Å². The van der Waals surface area contributed by atoms with Crippen LogP contribution in [0.5, 0.6) is 5.75 Å². The molecule has 0 spiro atoms. The first kappa shape index (κ1) is 12.2. The Labute approximate surface area is 116 Å². The lowest BCUT2D eigenvalue weighted by Gasteiger charge is -2.06. The second kappa shape index (κ2) is 5.06. The van der Waals surface area contributed by atoms with Gasteiger partial charge in [0.2, 0.25) is 0 Å². The van der Waals surface area contributed by atoms with Crippen molar-refractivity contribution in [2.24, 2.45) is 0 Å². The van der Waals surface area contributed by atoms with Gasteiger partial charge in [-0.1, -0.05) is 0 Å². The van der Waals surface area contributed by atoms with E-state index in [0.29, 0.717) is 23.4 Å². The lowest BCUT2D eigenvalue weighted by Crippen LogP contribution is -2.11. The van der Waals surface area contributed by atoms with Crippen LogP contribution in [0.4, 0.5) is 5.69 Å². The van der Waals surface area contributed by atoms with E-state index < -0.39 is 0 Å². The second-order valence-corrected chi connectivity index (χ2v) is 4.56. The summed E-state index contributed by atoms with van der Waals surface area (Å²) in [5, 5.41) is 11.5. The summed E-state index contributed by atoms with van der Waals surface area (Å²) in [6.45, 7) is 0.677. The van der Waals surface area contributed by atoms with Gasteiger partial charge in [-0.2, -0.15) is 5.26 Å². The van der Waals surface area contributed by atoms with Crippen LogP contribution in [0.1, 0.15) is 21.5 Å². The third-order valence-electron chi connectivity index (χ3n) is 3.22. The molecule has 0 radical (unpaired) electrons. The third kappa shape index (κ3) is 2.34. The zero-order valence-corrected chi connectivity index (χ0v) is 10.7. The van der Waals surface area contributed by atoms with Crippen LogP contribution < -0.4 is 10.1 Å². The number of nitrogens with zero attached hydrogens (tertiary/aromatic N) is 1. The van der Waals surface area contributed by atoms with Gasteiger partial charge in [0.05, 0.1) is 18.2 Å². The molecule has 0 saturated carbocycles. The standard InChI is InChI=1S/C16H12N2O2/c17-10-11-1-4-14(5-2-11)18-16(19)13-3-6-15-12(9-13)7-8-20-15/h1-6,9H,7-8H2,(H,18,19). The van der Waals surface area contributed by atoms with Gasteiger partial charge in [-0.25, -0.2) is 0 Å². The highest BCUT2D eigenvalue weighted by atomic mass is 16.5. The Morgan fingerprint density at radius 2 is 2.00 bits per heavy atom. The SMILES string of the molecule is N#Cc1ccc(NC(=O)c2ccc3c(c2)CCO3)cc1. The molecule has 4 nitrogen and oxygen atoms in total. The van der Waals surface area contributed by atoms with Crippen molar-refractivity contribution in [3.05, 3.63) is 59.2 Å². The van der Waals surface area contributed by atoms with Crippen LogP contribution >= 0.6 is 0 Å². The number of anilines is 1. The molecule has 1 aliphatic heterocycles. The lowest BCUT2D eigenvalue weighted by atomic mass is 10.1. The predicted octanol–water partition coefficient (Wildman–Crippen LogP) is 2.75. The molecule has 0 unspecified atom stereocenters. The smallest absolute Gasteiger partial charge is 0.255 e. The number of benzene rings is 2. The van der Waals surface area contributed by atoms with E-state index in [1.165, 1.54) is 0 Å². The molecular formula is C16H12N2O2.